The van der Waals surface area contributed by atoms with Crippen molar-refractivity contribution in [2.24, 2.45) is 0 Å². The molecule has 0 unspecified atom stereocenters. The largest absolute Gasteiger partial charge is 0.305 e. The lowest BCUT2D eigenvalue weighted by Crippen LogP contribution is -2.27. The van der Waals surface area contributed by atoms with E-state index in [4.69, 9.17) is 0 Å². The first kappa shape index (κ1) is 19.5. The van der Waals surface area contributed by atoms with E-state index in [0.717, 1.165) is 16.3 Å². The Balaban J connectivity index is 1.33. The predicted molar refractivity (Wildman–Crippen MR) is 119 cm³/mol. The fourth-order valence-electron chi connectivity index (χ4n) is 3.80. The minimum atomic E-state index is -3.50. The summed E-state index contributed by atoms with van der Waals surface area (Å²) in [6.07, 6.45) is 0. The molecule has 5 rings (SSSR count). The number of carbonyl (C=O) groups is 1. The van der Waals surface area contributed by atoms with Crippen molar-refractivity contribution < 1.29 is 13.2 Å². The predicted octanol–water partition coefficient (Wildman–Crippen LogP) is 3.66. The minimum Gasteiger partial charge on any atom is -0.305 e. The number of aromatic nitrogens is 2. The molecule has 31 heavy (non-hydrogen) atoms. The molecule has 1 aliphatic heterocycles. The van der Waals surface area contributed by atoms with Gasteiger partial charge in [-0.3, -0.25) is 9.89 Å². The SMILES string of the molecule is O=C(Nc1n[nH]c2c1CN(S(=O)(=O)Cc1ccccc1)C2)c1ccc2ccccc2c1. The molecule has 0 bridgehead atoms. The number of anilines is 1. The second-order valence-corrected chi connectivity index (χ2v) is 9.52. The third-order valence-electron chi connectivity index (χ3n) is 5.45. The maximum Gasteiger partial charge on any atom is 0.256 e. The summed E-state index contributed by atoms with van der Waals surface area (Å²) in [4.78, 5) is 12.8. The van der Waals surface area contributed by atoms with E-state index >= 15 is 0 Å². The van der Waals surface area contributed by atoms with Gasteiger partial charge in [0.05, 0.1) is 18.0 Å². The van der Waals surface area contributed by atoms with Crippen molar-refractivity contribution in [3.63, 3.8) is 0 Å². The fourth-order valence-corrected chi connectivity index (χ4v) is 5.25. The molecule has 0 saturated heterocycles. The van der Waals surface area contributed by atoms with Gasteiger partial charge in [-0.25, -0.2) is 8.42 Å². The van der Waals surface area contributed by atoms with Crippen LogP contribution in [0, 0.1) is 0 Å². The number of hydrogen-bond donors (Lipinski definition) is 2. The third-order valence-corrected chi connectivity index (χ3v) is 7.19. The zero-order chi connectivity index (χ0) is 21.4. The number of nitrogens with zero attached hydrogens (tertiary/aromatic N) is 2. The lowest BCUT2D eigenvalue weighted by atomic mass is 10.1. The molecular weight excluding hydrogens is 412 g/mol. The smallest absolute Gasteiger partial charge is 0.256 e. The molecule has 2 heterocycles. The Labute approximate surface area is 179 Å². The van der Waals surface area contributed by atoms with Crippen molar-refractivity contribution in [1.82, 2.24) is 14.5 Å². The van der Waals surface area contributed by atoms with Gasteiger partial charge < -0.3 is 5.32 Å². The van der Waals surface area contributed by atoms with Crippen molar-refractivity contribution in [2.45, 2.75) is 18.8 Å². The zero-order valence-electron chi connectivity index (χ0n) is 16.6. The summed E-state index contributed by atoms with van der Waals surface area (Å²) >= 11 is 0. The topological polar surface area (TPSA) is 95.2 Å². The van der Waals surface area contributed by atoms with E-state index in [2.05, 4.69) is 15.5 Å². The summed E-state index contributed by atoms with van der Waals surface area (Å²) in [5.41, 5.74) is 2.65. The molecule has 7 nitrogen and oxygen atoms in total. The maximum absolute atomic E-state index is 12.9. The van der Waals surface area contributed by atoms with Crippen LogP contribution in [0.4, 0.5) is 5.82 Å². The van der Waals surface area contributed by atoms with E-state index in [0.29, 0.717) is 22.6 Å². The van der Waals surface area contributed by atoms with Gasteiger partial charge in [-0.15, -0.1) is 0 Å². The van der Waals surface area contributed by atoms with E-state index in [1.54, 1.807) is 18.2 Å². The average molecular weight is 433 g/mol. The molecule has 0 fully saturated rings. The normalized spacial score (nSPS) is 13.9. The van der Waals surface area contributed by atoms with Crippen molar-refractivity contribution in [1.29, 1.82) is 0 Å². The summed E-state index contributed by atoms with van der Waals surface area (Å²) in [6.45, 7) is 0.387. The van der Waals surface area contributed by atoms with Gasteiger partial charge in [0.1, 0.15) is 0 Å². The number of aromatic amines is 1. The maximum atomic E-state index is 12.9. The minimum absolute atomic E-state index is 0.0652. The van der Waals surface area contributed by atoms with Crippen LogP contribution in [0.25, 0.3) is 10.8 Å². The first-order chi connectivity index (χ1) is 15.0. The van der Waals surface area contributed by atoms with Crippen molar-refractivity contribution in [2.75, 3.05) is 5.32 Å². The molecule has 0 aliphatic carbocycles. The van der Waals surface area contributed by atoms with Crippen LogP contribution >= 0.6 is 0 Å². The Morgan fingerprint density at radius 3 is 2.52 bits per heavy atom. The summed E-state index contributed by atoms with van der Waals surface area (Å²) in [5, 5.41) is 11.9. The second kappa shape index (κ2) is 7.64. The Hall–Kier alpha value is -3.49. The molecule has 156 valence electrons. The van der Waals surface area contributed by atoms with Crippen LogP contribution in [0.15, 0.2) is 72.8 Å². The first-order valence-corrected chi connectivity index (χ1v) is 11.5. The van der Waals surface area contributed by atoms with Crippen LogP contribution in [0.5, 0.6) is 0 Å². The number of carbonyl (C=O) groups excluding carboxylic acids is 1. The number of amides is 1. The molecule has 1 aliphatic rings. The van der Waals surface area contributed by atoms with Crippen molar-refractivity contribution in [3.05, 3.63) is 95.2 Å². The number of sulfonamides is 1. The van der Waals surface area contributed by atoms with Gasteiger partial charge in [-0.2, -0.15) is 9.40 Å². The molecule has 2 N–H and O–H groups in total. The summed E-state index contributed by atoms with van der Waals surface area (Å²) in [5.74, 6) is 0.0147. The summed E-state index contributed by atoms with van der Waals surface area (Å²) in [7, 11) is -3.50. The van der Waals surface area contributed by atoms with Gasteiger partial charge in [0, 0.05) is 17.7 Å². The molecule has 3 aromatic carbocycles. The molecule has 1 amide bonds. The van der Waals surface area contributed by atoms with Gasteiger partial charge in [-0.05, 0) is 28.5 Å². The van der Waals surface area contributed by atoms with Crippen LogP contribution in [0.2, 0.25) is 0 Å². The van der Waals surface area contributed by atoms with E-state index in [-0.39, 0.29) is 24.7 Å². The fraction of sp³-hybridized carbons (Fsp3) is 0.130. The van der Waals surface area contributed by atoms with Crippen LogP contribution in [0.3, 0.4) is 0 Å². The molecule has 8 heteroatoms. The first-order valence-electron chi connectivity index (χ1n) is 9.88. The van der Waals surface area contributed by atoms with Gasteiger partial charge in [0.25, 0.3) is 5.91 Å². The number of hydrogen-bond acceptors (Lipinski definition) is 4. The Bertz CT molecular complexity index is 1380. The highest BCUT2D eigenvalue weighted by Gasteiger charge is 2.33. The van der Waals surface area contributed by atoms with E-state index in [1.165, 1.54) is 4.31 Å². The zero-order valence-corrected chi connectivity index (χ0v) is 17.4. The van der Waals surface area contributed by atoms with Crippen LogP contribution in [0.1, 0.15) is 27.2 Å². The quantitative estimate of drug-likeness (QED) is 0.503. The number of H-pyrrole nitrogens is 1. The third kappa shape index (κ3) is 3.83. The highest BCUT2D eigenvalue weighted by Crippen LogP contribution is 2.30. The molecular formula is C23H20N4O3S. The lowest BCUT2D eigenvalue weighted by molar-refractivity contribution is 0.102. The van der Waals surface area contributed by atoms with Gasteiger partial charge >= 0.3 is 0 Å². The molecule has 4 aromatic rings. The summed E-state index contributed by atoms with van der Waals surface area (Å²) in [6, 6.07) is 22.4. The number of nitrogens with one attached hydrogen (secondary N) is 2. The Kier molecular flexibility index (Phi) is 4.80. The molecule has 0 saturated carbocycles. The summed E-state index contributed by atoms with van der Waals surface area (Å²) < 4.78 is 27.1. The van der Waals surface area contributed by atoms with Gasteiger partial charge in [0.15, 0.2) is 5.82 Å². The monoisotopic (exact) mass is 432 g/mol. The number of rotatable bonds is 5. The number of fused-ring (bicyclic) bond motifs is 2. The van der Waals surface area contributed by atoms with Gasteiger partial charge in [-0.1, -0.05) is 60.7 Å². The van der Waals surface area contributed by atoms with Crippen LogP contribution < -0.4 is 5.32 Å². The van der Waals surface area contributed by atoms with E-state index < -0.39 is 10.0 Å². The molecule has 0 spiro atoms. The average Bonchev–Trinajstić information content (AvgIpc) is 3.36. The van der Waals surface area contributed by atoms with Crippen LogP contribution in [-0.4, -0.2) is 28.8 Å². The van der Waals surface area contributed by atoms with E-state index in [9.17, 15) is 13.2 Å². The van der Waals surface area contributed by atoms with Crippen molar-refractivity contribution >= 4 is 32.5 Å². The second-order valence-electron chi connectivity index (χ2n) is 7.56. The van der Waals surface area contributed by atoms with Crippen LogP contribution in [-0.2, 0) is 28.9 Å². The van der Waals surface area contributed by atoms with Gasteiger partial charge in [0.2, 0.25) is 10.0 Å². The Morgan fingerprint density at radius 1 is 0.968 bits per heavy atom. The lowest BCUT2D eigenvalue weighted by Gasteiger charge is -2.16. The van der Waals surface area contributed by atoms with Crippen molar-refractivity contribution in [3.8, 4) is 0 Å². The highest BCUT2D eigenvalue weighted by molar-refractivity contribution is 7.88. The van der Waals surface area contributed by atoms with E-state index in [1.807, 2.05) is 54.6 Å². The molecule has 0 radical (unpaired) electrons. The standard InChI is InChI=1S/C23H20N4O3S/c28-23(19-11-10-17-8-4-5-9-18(17)12-19)24-22-20-13-27(14-21(20)25-26-22)31(29,30)15-16-6-2-1-3-7-16/h1-12H,13-15H2,(H2,24,25,26,28). The Morgan fingerprint density at radius 2 is 1.71 bits per heavy atom. The highest BCUT2D eigenvalue weighted by atomic mass is 32.2. The molecule has 1 aromatic heterocycles. The number of benzene rings is 3. The molecule has 0 atom stereocenters.